The second-order valence-corrected chi connectivity index (χ2v) is 6.33. The minimum atomic E-state index is -0.110. The van der Waals surface area contributed by atoms with E-state index in [0.29, 0.717) is 17.7 Å². The van der Waals surface area contributed by atoms with E-state index in [1.807, 2.05) is 61.5 Å². The number of hydrogen-bond acceptors (Lipinski definition) is 3. The Morgan fingerprint density at radius 1 is 1.12 bits per heavy atom. The number of carbonyl (C=O) groups is 1. The highest BCUT2D eigenvalue weighted by atomic mass is 16.1. The Balaban J connectivity index is 1.76. The molecule has 0 fully saturated rings. The highest BCUT2D eigenvalue weighted by molar-refractivity contribution is 5.95. The number of anilines is 1. The maximum absolute atomic E-state index is 12.4. The molecule has 3 rings (SSSR count). The minimum Gasteiger partial charge on any atom is -0.378 e. The molecule has 5 heteroatoms. The number of hydrogen-bond donors (Lipinski definition) is 2. The smallest absolute Gasteiger partial charge is 0.251 e. The lowest BCUT2D eigenvalue weighted by Gasteiger charge is -2.13. The summed E-state index contributed by atoms with van der Waals surface area (Å²) in [5.74, 6) is -0.110. The minimum absolute atomic E-state index is 0.0747. The number of aromatic nitrogens is 1. The average Bonchev–Trinajstić information content (AvgIpc) is 2.60. The van der Waals surface area contributed by atoms with Crippen LogP contribution in [0, 0.1) is 6.92 Å². The lowest BCUT2D eigenvalue weighted by molar-refractivity contribution is 0.0951. The van der Waals surface area contributed by atoms with Gasteiger partial charge in [-0.15, -0.1) is 0 Å². The molecule has 0 aliphatic carbocycles. The van der Waals surface area contributed by atoms with E-state index in [-0.39, 0.29) is 11.5 Å². The van der Waals surface area contributed by atoms with Crippen LogP contribution in [0.15, 0.2) is 53.3 Å². The number of aromatic amines is 1. The van der Waals surface area contributed by atoms with E-state index in [1.54, 1.807) is 13.0 Å². The summed E-state index contributed by atoms with van der Waals surface area (Å²) in [6.07, 6.45) is 0. The fraction of sp³-hybridized carbons (Fsp3) is 0.200. The van der Waals surface area contributed by atoms with Crippen LogP contribution in [0.5, 0.6) is 0 Å². The number of fused-ring (bicyclic) bond motifs is 1. The third kappa shape index (κ3) is 3.71. The van der Waals surface area contributed by atoms with Crippen LogP contribution in [-0.4, -0.2) is 25.0 Å². The summed E-state index contributed by atoms with van der Waals surface area (Å²) in [4.78, 5) is 28.8. The summed E-state index contributed by atoms with van der Waals surface area (Å²) >= 11 is 0. The first kappa shape index (κ1) is 16.8. The average molecular weight is 335 g/mol. The Kier molecular flexibility index (Phi) is 4.57. The van der Waals surface area contributed by atoms with Gasteiger partial charge in [0.2, 0.25) is 0 Å². The molecule has 0 unspecified atom stereocenters. The standard InChI is InChI=1S/C20H21N3O2/c1-13-9-16-10-14(7-8-18(16)22-19(13)24)12-21-20(25)15-5-4-6-17(11-15)23(2)3/h4-11H,12H2,1-3H3,(H,21,25)(H,22,24). The number of amides is 1. The topological polar surface area (TPSA) is 65.2 Å². The molecule has 0 saturated heterocycles. The highest BCUT2D eigenvalue weighted by Gasteiger charge is 2.07. The first-order valence-corrected chi connectivity index (χ1v) is 8.12. The first-order valence-electron chi connectivity index (χ1n) is 8.12. The Hall–Kier alpha value is -3.08. The van der Waals surface area contributed by atoms with E-state index < -0.39 is 0 Å². The van der Waals surface area contributed by atoms with E-state index in [4.69, 9.17) is 0 Å². The summed E-state index contributed by atoms with van der Waals surface area (Å²) in [6, 6.07) is 15.1. The van der Waals surface area contributed by atoms with Crippen LogP contribution in [0.25, 0.3) is 10.9 Å². The summed E-state index contributed by atoms with van der Waals surface area (Å²) in [7, 11) is 3.89. The summed E-state index contributed by atoms with van der Waals surface area (Å²) in [5.41, 5.74) is 3.99. The van der Waals surface area contributed by atoms with Crippen molar-refractivity contribution in [1.29, 1.82) is 0 Å². The van der Waals surface area contributed by atoms with Gasteiger partial charge in [-0.05, 0) is 54.3 Å². The third-order valence-corrected chi connectivity index (χ3v) is 4.17. The van der Waals surface area contributed by atoms with Crippen molar-refractivity contribution < 1.29 is 4.79 Å². The van der Waals surface area contributed by atoms with Gasteiger partial charge in [0.15, 0.2) is 0 Å². The van der Waals surface area contributed by atoms with Crippen molar-refractivity contribution in [1.82, 2.24) is 10.3 Å². The predicted molar refractivity (Wildman–Crippen MR) is 101 cm³/mol. The van der Waals surface area contributed by atoms with Gasteiger partial charge in [-0.3, -0.25) is 9.59 Å². The van der Waals surface area contributed by atoms with Gasteiger partial charge in [0.25, 0.3) is 11.5 Å². The summed E-state index contributed by atoms with van der Waals surface area (Å²) in [6.45, 7) is 2.21. The SMILES string of the molecule is Cc1cc2cc(CNC(=O)c3cccc(N(C)C)c3)ccc2[nH]c1=O. The quantitative estimate of drug-likeness (QED) is 0.770. The largest absolute Gasteiger partial charge is 0.378 e. The number of aryl methyl sites for hydroxylation is 1. The molecule has 1 aromatic heterocycles. The van der Waals surface area contributed by atoms with Gasteiger partial charge in [0.1, 0.15) is 0 Å². The molecule has 0 bridgehead atoms. The molecule has 0 atom stereocenters. The normalized spacial score (nSPS) is 10.7. The second-order valence-electron chi connectivity index (χ2n) is 6.33. The predicted octanol–water partition coefficient (Wildman–Crippen LogP) is 2.83. The molecule has 0 aliphatic rings. The lowest BCUT2D eigenvalue weighted by Crippen LogP contribution is -2.23. The molecule has 3 aromatic rings. The van der Waals surface area contributed by atoms with Crippen molar-refractivity contribution >= 4 is 22.5 Å². The number of rotatable bonds is 4. The molecule has 128 valence electrons. The van der Waals surface area contributed by atoms with Crippen LogP contribution in [-0.2, 0) is 6.54 Å². The van der Waals surface area contributed by atoms with Crippen molar-refractivity contribution in [2.45, 2.75) is 13.5 Å². The van der Waals surface area contributed by atoms with Gasteiger partial charge in [0.05, 0.1) is 0 Å². The zero-order chi connectivity index (χ0) is 18.0. The van der Waals surface area contributed by atoms with Crippen molar-refractivity contribution in [2.24, 2.45) is 0 Å². The maximum atomic E-state index is 12.4. The Morgan fingerprint density at radius 2 is 1.92 bits per heavy atom. The zero-order valence-electron chi connectivity index (χ0n) is 14.6. The van der Waals surface area contributed by atoms with E-state index in [2.05, 4.69) is 10.3 Å². The van der Waals surface area contributed by atoms with Crippen LogP contribution >= 0.6 is 0 Å². The fourth-order valence-corrected chi connectivity index (χ4v) is 2.68. The first-order chi connectivity index (χ1) is 11.9. The molecule has 2 aromatic carbocycles. The number of carbonyl (C=O) groups excluding carboxylic acids is 1. The molecular weight excluding hydrogens is 314 g/mol. The molecule has 0 saturated carbocycles. The van der Waals surface area contributed by atoms with Crippen molar-refractivity contribution in [3.63, 3.8) is 0 Å². The molecule has 1 amide bonds. The van der Waals surface area contributed by atoms with Crippen molar-refractivity contribution in [3.8, 4) is 0 Å². The van der Waals surface area contributed by atoms with E-state index in [0.717, 1.165) is 22.2 Å². The Bertz CT molecular complexity index is 990. The van der Waals surface area contributed by atoms with Crippen molar-refractivity contribution in [2.75, 3.05) is 19.0 Å². The van der Waals surface area contributed by atoms with Crippen LogP contribution in [0.3, 0.4) is 0 Å². The summed E-state index contributed by atoms with van der Waals surface area (Å²) in [5, 5.41) is 3.90. The summed E-state index contributed by atoms with van der Waals surface area (Å²) < 4.78 is 0. The van der Waals surface area contributed by atoms with Gasteiger partial charge >= 0.3 is 0 Å². The van der Waals surface area contributed by atoms with Gasteiger partial charge in [-0.2, -0.15) is 0 Å². The van der Waals surface area contributed by atoms with Gasteiger partial charge < -0.3 is 15.2 Å². The maximum Gasteiger partial charge on any atom is 0.251 e. The number of benzene rings is 2. The number of nitrogens with one attached hydrogen (secondary N) is 2. The second kappa shape index (κ2) is 6.81. The third-order valence-electron chi connectivity index (χ3n) is 4.17. The fourth-order valence-electron chi connectivity index (χ4n) is 2.68. The number of nitrogens with zero attached hydrogens (tertiary/aromatic N) is 1. The number of pyridine rings is 1. The monoisotopic (exact) mass is 335 g/mol. The molecule has 25 heavy (non-hydrogen) atoms. The van der Waals surface area contributed by atoms with Crippen LogP contribution < -0.4 is 15.8 Å². The Labute approximate surface area is 146 Å². The van der Waals surface area contributed by atoms with E-state index in [9.17, 15) is 9.59 Å². The van der Waals surface area contributed by atoms with Crippen molar-refractivity contribution in [3.05, 3.63) is 75.6 Å². The molecule has 2 N–H and O–H groups in total. The zero-order valence-corrected chi connectivity index (χ0v) is 14.6. The van der Waals surface area contributed by atoms with Crippen LogP contribution in [0.1, 0.15) is 21.5 Å². The number of H-pyrrole nitrogens is 1. The van der Waals surface area contributed by atoms with Gasteiger partial charge in [-0.25, -0.2) is 0 Å². The van der Waals surface area contributed by atoms with Crippen LogP contribution in [0.4, 0.5) is 5.69 Å². The molecular formula is C20H21N3O2. The molecule has 1 heterocycles. The highest BCUT2D eigenvalue weighted by Crippen LogP contribution is 2.15. The molecule has 0 radical (unpaired) electrons. The van der Waals surface area contributed by atoms with Gasteiger partial charge in [0, 0.05) is 43.0 Å². The van der Waals surface area contributed by atoms with Crippen LogP contribution in [0.2, 0.25) is 0 Å². The molecule has 5 nitrogen and oxygen atoms in total. The van der Waals surface area contributed by atoms with Gasteiger partial charge in [-0.1, -0.05) is 12.1 Å². The Morgan fingerprint density at radius 3 is 2.68 bits per heavy atom. The molecule has 0 spiro atoms. The molecule has 0 aliphatic heterocycles. The van der Waals surface area contributed by atoms with E-state index in [1.165, 1.54) is 0 Å². The lowest BCUT2D eigenvalue weighted by atomic mass is 10.1. The van der Waals surface area contributed by atoms with E-state index >= 15 is 0 Å².